The number of carboxylic acids is 1. The number of anilines is 1. The van der Waals surface area contributed by atoms with E-state index in [9.17, 15) is 14.7 Å². The van der Waals surface area contributed by atoms with E-state index < -0.39 is 11.9 Å². The lowest BCUT2D eigenvalue weighted by molar-refractivity contribution is -0.111. The third-order valence-corrected chi connectivity index (χ3v) is 4.58. The van der Waals surface area contributed by atoms with Gasteiger partial charge in [-0.05, 0) is 49.8 Å². The highest BCUT2D eigenvalue weighted by Gasteiger charge is 2.12. The topological polar surface area (TPSA) is 111 Å². The maximum atomic E-state index is 12.2. The second-order valence-electron chi connectivity index (χ2n) is 6.68. The Morgan fingerprint density at radius 3 is 2.61 bits per heavy atom. The smallest absolute Gasteiger partial charge is 0.337 e. The molecule has 0 atom stereocenters. The van der Waals surface area contributed by atoms with Crippen LogP contribution in [-0.4, -0.2) is 29.2 Å². The summed E-state index contributed by atoms with van der Waals surface area (Å²) in [6.07, 6.45) is 2.91. The number of carboxylic acid groups (broad SMARTS) is 1. The Hall–Kier alpha value is -4.07. The first-order valence-electron chi connectivity index (χ1n) is 9.43. The molecule has 0 aliphatic heterocycles. The molecule has 0 aliphatic carbocycles. The number of ether oxygens (including phenoxy) is 2. The number of amides is 1. The number of aryl methyl sites for hydroxylation is 2. The summed E-state index contributed by atoms with van der Waals surface area (Å²) in [7, 11) is 1.53. The van der Waals surface area contributed by atoms with Crippen LogP contribution in [0.25, 0.3) is 6.08 Å². The highest BCUT2D eigenvalue weighted by atomic mass is 16.5. The summed E-state index contributed by atoms with van der Waals surface area (Å²) >= 11 is 0. The number of carbonyl (C=O) groups excluding carboxylic acids is 1. The minimum Gasteiger partial charge on any atom is -0.493 e. The molecule has 8 heteroatoms. The van der Waals surface area contributed by atoms with Crippen LogP contribution in [0, 0.1) is 13.8 Å². The number of rotatable bonds is 8. The van der Waals surface area contributed by atoms with Crippen molar-refractivity contribution < 1.29 is 28.7 Å². The van der Waals surface area contributed by atoms with Gasteiger partial charge in [0.25, 0.3) is 0 Å². The number of aromatic carboxylic acids is 1. The van der Waals surface area contributed by atoms with Gasteiger partial charge in [-0.2, -0.15) is 0 Å². The average Bonchev–Trinajstić information content (AvgIpc) is 3.08. The van der Waals surface area contributed by atoms with Gasteiger partial charge in [-0.3, -0.25) is 4.79 Å². The molecule has 160 valence electrons. The zero-order valence-corrected chi connectivity index (χ0v) is 17.3. The van der Waals surface area contributed by atoms with E-state index in [0.29, 0.717) is 22.8 Å². The largest absolute Gasteiger partial charge is 0.493 e. The highest BCUT2D eigenvalue weighted by molar-refractivity contribution is 6.06. The van der Waals surface area contributed by atoms with Crippen molar-refractivity contribution in [2.45, 2.75) is 20.5 Å². The van der Waals surface area contributed by atoms with Crippen molar-refractivity contribution >= 4 is 23.6 Å². The SMILES string of the molecule is COc1cc(/C=C/C(=O)Nc2ccccc2C(=O)O)ccc1OCc1c(C)noc1C. The van der Waals surface area contributed by atoms with E-state index in [1.165, 1.54) is 25.3 Å². The standard InChI is InChI=1S/C23H22N2O6/c1-14-18(15(2)31-25-14)13-30-20-10-8-16(12-21(20)29-3)9-11-22(26)24-19-7-5-4-6-17(19)23(27)28/h4-12H,13H2,1-3H3,(H,24,26)(H,27,28)/b11-9+. The molecule has 0 bridgehead atoms. The Morgan fingerprint density at radius 2 is 1.94 bits per heavy atom. The first-order valence-corrected chi connectivity index (χ1v) is 9.43. The van der Waals surface area contributed by atoms with E-state index >= 15 is 0 Å². The second kappa shape index (κ2) is 9.62. The minimum atomic E-state index is -1.11. The zero-order chi connectivity index (χ0) is 22.4. The van der Waals surface area contributed by atoms with Crippen molar-refractivity contribution in [3.05, 3.63) is 76.7 Å². The lowest BCUT2D eigenvalue weighted by atomic mass is 10.1. The molecule has 3 aromatic rings. The van der Waals surface area contributed by atoms with Crippen molar-refractivity contribution in [3.8, 4) is 11.5 Å². The molecule has 0 fully saturated rings. The molecule has 1 aromatic heterocycles. The Labute approximate surface area is 179 Å². The Kier molecular flexibility index (Phi) is 6.71. The molecule has 1 heterocycles. The van der Waals surface area contributed by atoms with Gasteiger partial charge in [0.15, 0.2) is 11.5 Å². The Morgan fingerprint density at radius 1 is 1.16 bits per heavy atom. The summed E-state index contributed by atoms with van der Waals surface area (Å²) in [6, 6.07) is 11.5. The van der Waals surface area contributed by atoms with Crippen LogP contribution in [0.1, 0.15) is 32.9 Å². The van der Waals surface area contributed by atoms with Gasteiger partial charge in [0.1, 0.15) is 12.4 Å². The average molecular weight is 422 g/mol. The van der Waals surface area contributed by atoms with Crippen LogP contribution in [0.5, 0.6) is 11.5 Å². The van der Waals surface area contributed by atoms with E-state index in [1.807, 2.05) is 13.8 Å². The molecular formula is C23H22N2O6. The van der Waals surface area contributed by atoms with Crippen LogP contribution in [0.15, 0.2) is 53.1 Å². The summed E-state index contributed by atoms with van der Waals surface area (Å²) in [5.74, 6) is 0.180. The number of nitrogens with one attached hydrogen (secondary N) is 1. The minimum absolute atomic E-state index is 0.0192. The van der Waals surface area contributed by atoms with Gasteiger partial charge in [0.05, 0.1) is 29.6 Å². The van der Waals surface area contributed by atoms with Gasteiger partial charge in [0.2, 0.25) is 5.91 Å². The number of methoxy groups -OCH3 is 1. The maximum absolute atomic E-state index is 12.2. The number of aromatic nitrogens is 1. The van der Waals surface area contributed by atoms with Gasteiger partial charge in [-0.15, -0.1) is 0 Å². The van der Waals surface area contributed by atoms with Crippen LogP contribution in [0.4, 0.5) is 5.69 Å². The second-order valence-corrected chi connectivity index (χ2v) is 6.68. The fourth-order valence-electron chi connectivity index (χ4n) is 2.89. The molecule has 0 unspecified atom stereocenters. The molecule has 1 amide bonds. The quantitative estimate of drug-likeness (QED) is 0.523. The predicted octanol–water partition coefficient (Wildman–Crippen LogP) is 4.23. The summed E-state index contributed by atoms with van der Waals surface area (Å²) in [4.78, 5) is 23.5. The zero-order valence-electron chi connectivity index (χ0n) is 17.3. The molecule has 3 rings (SSSR count). The van der Waals surface area contributed by atoms with Crippen molar-refractivity contribution in [2.24, 2.45) is 0 Å². The summed E-state index contributed by atoms with van der Waals surface area (Å²) in [6.45, 7) is 3.96. The predicted molar refractivity (Wildman–Crippen MR) is 114 cm³/mol. The van der Waals surface area contributed by atoms with Gasteiger partial charge in [-0.25, -0.2) is 4.79 Å². The molecule has 31 heavy (non-hydrogen) atoms. The van der Waals surface area contributed by atoms with E-state index in [4.69, 9.17) is 14.0 Å². The van der Waals surface area contributed by atoms with E-state index in [-0.39, 0.29) is 17.9 Å². The molecule has 2 N–H and O–H groups in total. The summed E-state index contributed by atoms with van der Waals surface area (Å²) < 4.78 is 16.4. The monoisotopic (exact) mass is 422 g/mol. The van der Waals surface area contributed by atoms with E-state index in [2.05, 4.69) is 10.5 Å². The van der Waals surface area contributed by atoms with E-state index in [1.54, 1.807) is 36.4 Å². The van der Waals surface area contributed by atoms with Crippen LogP contribution in [-0.2, 0) is 11.4 Å². The maximum Gasteiger partial charge on any atom is 0.337 e. The van der Waals surface area contributed by atoms with Gasteiger partial charge < -0.3 is 24.4 Å². The highest BCUT2D eigenvalue weighted by Crippen LogP contribution is 2.30. The van der Waals surface area contributed by atoms with Crippen molar-refractivity contribution in [1.82, 2.24) is 5.16 Å². The molecule has 0 aliphatic rings. The normalized spacial score (nSPS) is 10.8. The molecule has 0 spiro atoms. The third kappa shape index (κ3) is 5.30. The lowest BCUT2D eigenvalue weighted by Crippen LogP contribution is -2.11. The Bertz CT molecular complexity index is 1110. The fraction of sp³-hybridized carbons (Fsp3) is 0.174. The van der Waals surface area contributed by atoms with Gasteiger partial charge in [-0.1, -0.05) is 23.4 Å². The number of para-hydroxylation sites is 1. The van der Waals surface area contributed by atoms with Crippen LogP contribution >= 0.6 is 0 Å². The number of hydrogen-bond acceptors (Lipinski definition) is 6. The van der Waals surface area contributed by atoms with Crippen molar-refractivity contribution in [1.29, 1.82) is 0 Å². The van der Waals surface area contributed by atoms with Gasteiger partial charge >= 0.3 is 5.97 Å². The molecule has 0 saturated heterocycles. The van der Waals surface area contributed by atoms with Gasteiger partial charge in [0, 0.05) is 6.08 Å². The molecule has 0 radical (unpaired) electrons. The fourth-order valence-corrected chi connectivity index (χ4v) is 2.89. The number of carbonyl (C=O) groups is 2. The summed E-state index contributed by atoms with van der Waals surface area (Å²) in [5.41, 5.74) is 2.61. The molecular weight excluding hydrogens is 400 g/mol. The van der Waals surface area contributed by atoms with Crippen LogP contribution < -0.4 is 14.8 Å². The number of benzene rings is 2. The van der Waals surface area contributed by atoms with Crippen molar-refractivity contribution in [2.75, 3.05) is 12.4 Å². The van der Waals surface area contributed by atoms with Crippen LogP contribution in [0.2, 0.25) is 0 Å². The summed E-state index contributed by atoms with van der Waals surface area (Å²) in [5, 5.41) is 15.7. The van der Waals surface area contributed by atoms with E-state index in [0.717, 1.165) is 11.3 Å². The Balaban J connectivity index is 1.68. The number of nitrogens with zero attached hydrogens (tertiary/aromatic N) is 1. The molecule has 2 aromatic carbocycles. The first kappa shape index (κ1) is 21.6. The van der Waals surface area contributed by atoms with Crippen molar-refractivity contribution in [3.63, 3.8) is 0 Å². The molecule has 0 saturated carbocycles. The molecule has 8 nitrogen and oxygen atoms in total. The third-order valence-electron chi connectivity index (χ3n) is 4.58. The number of hydrogen-bond donors (Lipinski definition) is 2. The van der Waals surface area contributed by atoms with Crippen LogP contribution in [0.3, 0.4) is 0 Å². The lowest BCUT2D eigenvalue weighted by Gasteiger charge is -2.11. The first-order chi connectivity index (χ1) is 14.9.